The molecule has 0 aliphatic rings. The summed E-state index contributed by atoms with van der Waals surface area (Å²) >= 11 is 0. The van der Waals surface area contributed by atoms with Crippen molar-refractivity contribution >= 4 is 26.9 Å². The highest BCUT2D eigenvalue weighted by molar-refractivity contribution is 7.88. The largest absolute Gasteiger partial charge is 0.507 e. The third kappa shape index (κ3) is 3.80. The van der Waals surface area contributed by atoms with Gasteiger partial charge in [-0.2, -0.15) is 17.2 Å². The van der Waals surface area contributed by atoms with Crippen molar-refractivity contribution in [2.75, 3.05) is 20.3 Å². The van der Waals surface area contributed by atoms with E-state index in [1.54, 1.807) is 30.3 Å². The third-order valence-electron chi connectivity index (χ3n) is 3.20. The smallest absolute Gasteiger partial charge is 0.466 e. The van der Waals surface area contributed by atoms with Crippen LogP contribution < -0.4 is 4.74 Å². The summed E-state index contributed by atoms with van der Waals surface area (Å²) in [6.07, 6.45) is 0. The molecule has 0 atom stereocenters. The zero-order valence-corrected chi connectivity index (χ0v) is 13.8. The molecule has 0 saturated carbocycles. The summed E-state index contributed by atoms with van der Waals surface area (Å²) in [5.41, 5.74) is 0. The van der Waals surface area contributed by atoms with Gasteiger partial charge in [0.25, 0.3) is 0 Å². The van der Waals surface area contributed by atoms with Crippen molar-refractivity contribution < 1.29 is 40.8 Å². The van der Waals surface area contributed by atoms with Gasteiger partial charge in [-0.05, 0) is 12.1 Å². The summed E-state index contributed by atoms with van der Waals surface area (Å²) in [6, 6.07) is 9.62. The van der Waals surface area contributed by atoms with E-state index in [2.05, 4.69) is 8.92 Å². The molecule has 0 heterocycles. The molecule has 25 heavy (non-hydrogen) atoms. The molecule has 0 aliphatic carbocycles. The van der Waals surface area contributed by atoms with Crippen molar-refractivity contribution in [3.8, 4) is 11.5 Å². The van der Waals surface area contributed by atoms with E-state index in [1.807, 2.05) is 0 Å². The lowest BCUT2D eigenvalue weighted by molar-refractivity contribution is -0.162. The van der Waals surface area contributed by atoms with E-state index in [0.29, 0.717) is 23.6 Å². The number of rotatable bonds is 7. The molecule has 0 bridgehead atoms. The van der Waals surface area contributed by atoms with Gasteiger partial charge in [-0.15, -0.1) is 0 Å². The molecular formula is C15H14F2O7S. The number of alkyl halides is 2. The molecule has 2 aromatic rings. The highest BCUT2D eigenvalue weighted by Gasteiger charge is 2.55. The maximum Gasteiger partial charge on any atom is 0.466 e. The van der Waals surface area contributed by atoms with Crippen molar-refractivity contribution in [2.24, 2.45) is 0 Å². The second-order valence-electron chi connectivity index (χ2n) is 4.75. The molecule has 0 saturated heterocycles. The summed E-state index contributed by atoms with van der Waals surface area (Å²) in [5, 5.41) is 6.03. The summed E-state index contributed by atoms with van der Waals surface area (Å²) in [4.78, 5) is 11.2. The Balaban J connectivity index is 1.99. The molecule has 0 unspecified atom stereocenters. The van der Waals surface area contributed by atoms with Crippen LogP contribution in [0.5, 0.6) is 11.5 Å². The molecular weight excluding hydrogens is 362 g/mol. The quantitative estimate of drug-likeness (QED) is 0.448. The number of phenolic OH excluding ortho intramolecular Hbond substituents is 1. The number of carbonyl (C=O) groups is 1. The highest BCUT2D eigenvalue weighted by atomic mass is 32.2. The van der Waals surface area contributed by atoms with Crippen LogP contribution in [0.2, 0.25) is 0 Å². The SMILES string of the molecule is COS(=O)(=O)C(F)(F)C(=O)OCCOc1cccc2c(O)cccc12. The van der Waals surface area contributed by atoms with Crippen molar-refractivity contribution in [3.63, 3.8) is 0 Å². The van der Waals surface area contributed by atoms with E-state index in [4.69, 9.17) is 4.74 Å². The second kappa shape index (κ2) is 7.19. The number of hydrogen-bond acceptors (Lipinski definition) is 7. The van der Waals surface area contributed by atoms with Crippen molar-refractivity contribution in [1.82, 2.24) is 0 Å². The predicted molar refractivity (Wildman–Crippen MR) is 82.9 cm³/mol. The van der Waals surface area contributed by atoms with Crippen molar-refractivity contribution in [3.05, 3.63) is 36.4 Å². The van der Waals surface area contributed by atoms with Gasteiger partial charge in [0.15, 0.2) is 0 Å². The van der Waals surface area contributed by atoms with Crippen LogP contribution in [0, 0.1) is 0 Å². The number of halogens is 2. The molecule has 136 valence electrons. The maximum absolute atomic E-state index is 13.3. The van der Waals surface area contributed by atoms with E-state index in [9.17, 15) is 27.1 Å². The first-order chi connectivity index (χ1) is 11.7. The van der Waals surface area contributed by atoms with Gasteiger partial charge < -0.3 is 14.6 Å². The monoisotopic (exact) mass is 376 g/mol. The van der Waals surface area contributed by atoms with Gasteiger partial charge in [-0.25, -0.2) is 4.79 Å². The van der Waals surface area contributed by atoms with Crippen molar-refractivity contribution in [2.45, 2.75) is 5.25 Å². The molecule has 0 radical (unpaired) electrons. The van der Waals surface area contributed by atoms with Gasteiger partial charge in [0, 0.05) is 10.8 Å². The van der Waals surface area contributed by atoms with Crippen LogP contribution in [0.1, 0.15) is 0 Å². The Kier molecular flexibility index (Phi) is 5.43. The van der Waals surface area contributed by atoms with Crippen LogP contribution in [0.25, 0.3) is 10.8 Å². The number of esters is 1. The number of phenols is 1. The number of fused-ring (bicyclic) bond motifs is 1. The van der Waals surface area contributed by atoms with Crippen molar-refractivity contribution in [1.29, 1.82) is 0 Å². The van der Waals surface area contributed by atoms with Gasteiger partial charge in [0.1, 0.15) is 24.7 Å². The molecule has 0 spiro atoms. The Bertz CT molecular complexity index is 881. The van der Waals surface area contributed by atoms with Gasteiger partial charge in [0.05, 0.1) is 7.11 Å². The first-order valence-electron chi connectivity index (χ1n) is 6.89. The van der Waals surface area contributed by atoms with Crippen LogP contribution in [0.4, 0.5) is 8.78 Å². The molecule has 1 N–H and O–H groups in total. The standard InChI is InChI=1S/C15H14F2O7S/c1-22-25(20,21)15(16,17)14(19)24-9-8-23-13-7-3-4-10-11(13)5-2-6-12(10)18/h2-7,18H,8-9H2,1H3. The van der Waals surface area contributed by atoms with Gasteiger partial charge in [-0.1, -0.05) is 24.3 Å². The zero-order chi connectivity index (χ0) is 18.7. The van der Waals surface area contributed by atoms with Crippen LogP contribution in [-0.2, 0) is 23.8 Å². The summed E-state index contributed by atoms with van der Waals surface area (Å²) in [5.74, 6) is -1.88. The first kappa shape index (κ1) is 18.9. The van der Waals surface area contributed by atoms with E-state index < -0.39 is 27.9 Å². The number of benzene rings is 2. The summed E-state index contributed by atoms with van der Waals surface area (Å²) in [7, 11) is -4.89. The normalized spacial score (nSPS) is 12.1. The van der Waals surface area contributed by atoms with E-state index in [-0.39, 0.29) is 12.4 Å². The lowest BCUT2D eigenvalue weighted by Gasteiger charge is -2.14. The number of aromatic hydroxyl groups is 1. The highest BCUT2D eigenvalue weighted by Crippen LogP contribution is 2.31. The van der Waals surface area contributed by atoms with Crippen LogP contribution in [-0.4, -0.2) is 45.1 Å². The fraction of sp³-hybridized carbons (Fsp3) is 0.267. The number of hydrogen-bond donors (Lipinski definition) is 1. The molecule has 2 rings (SSSR count). The Labute approximate surface area is 141 Å². The minimum absolute atomic E-state index is 0.0405. The average Bonchev–Trinajstić information content (AvgIpc) is 2.58. The summed E-state index contributed by atoms with van der Waals surface area (Å²) in [6.45, 7) is -0.910. The third-order valence-corrected chi connectivity index (χ3v) is 4.44. The van der Waals surface area contributed by atoms with E-state index >= 15 is 0 Å². The van der Waals surface area contributed by atoms with E-state index in [0.717, 1.165) is 0 Å². The Morgan fingerprint density at radius 3 is 2.44 bits per heavy atom. The minimum atomic E-state index is -5.40. The second-order valence-corrected chi connectivity index (χ2v) is 6.50. The fourth-order valence-corrected chi connectivity index (χ4v) is 2.44. The maximum atomic E-state index is 13.3. The molecule has 0 aliphatic heterocycles. The summed E-state index contributed by atoms with van der Waals surface area (Å²) < 4.78 is 61.8. The van der Waals surface area contributed by atoms with Gasteiger partial charge in [0.2, 0.25) is 0 Å². The van der Waals surface area contributed by atoms with Gasteiger partial charge in [-0.3, -0.25) is 4.18 Å². The first-order valence-corrected chi connectivity index (χ1v) is 8.30. The zero-order valence-electron chi connectivity index (χ0n) is 12.9. The lowest BCUT2D eigenvalue weighted by atomic mass is 10.1. The number of ether oxygens (including phenoxy) is 2. The number of carbonyl (C=O) groups excluding carboxylic acids is 1. The topological polar surface area (TPSA) is 99.1 Å². The molecule has 0 fully saturated rings. The molecule has 0 aromatic heterocycles. The van der Waals surface area contributed by atoms with Crippen LogP contribution in [0.3, 0.4) is 0 Å². The Hall–Kier alpha value is -2.46. The molecule has 0 amide bonds. The fourth-order valence-electron chi connectivity index (χ4n) is 1.97. The molecule has 2 aromatic carbocycles. The minimum Gasteiger partial charge on any atom is -0.507 e. The predicted octanol–water partition coefficient (Wildman–Crippen LogP) is 2.04. The molecule has 10 heteroatoms. The lowest BCUT2D eigenvalue weighted by Crippen LogP contribution is -2.40. The van der Waals surface area contributed by atoms with Gasteiger partial charge >= 0.3 is 21.3 Å². The average molecular weight is 376 g/mol. The van der Waals surface area contributed by atoms with E-state index in [1.165, 1.54) is 6.07 Å². The Morgan fingerprint density at radius 2 is 1.76 bits per heavy atom. The Morgan fingerprint density at radius 1 is 1.12 bits per heavy atom. The molecule has 7 nitrogen and oxygen atoms in total. The van der Waals surface area contributed by atoms with Crippen LogP contribution >= 0.6 is 0 Å². The van der Waals surface area contributed by atoms with Crippen LogP contribution in [0.15, 0.2) is 36.4 Å².